The molecule has 2 aromatic rings. The first-order valence-electron chi connectivity index (χ1n) is 9.42. The Bertz CT molecular complexity index is 1150. The molecule has 9 heteroatoms. The summed E-state index contributed by atoms with van der Waals surface area (Å²) in [5.74, 6) is -4.20. The van der Waals surface area contributed by atoms with Crippen molar-refractivity contribution in [3.8, 4) is 5.75 Å². The van der Waals surface area contributed by atoms with Crippen molar-refractivity contribution < 1.29 is 33.9 Å². The maximum Gasteiger partial charge on any atom is 0.308 e. The predicted molar refractivity (Wildman–Crippen MR) is 108 cm³/mol. The van der Waals surface area contributed by atoms with E-state index >= 15 is 0 Å². The van der Waals surface area contributed by atoms with Crippen LogP contribution in [0.4, 0.5) is 5.69 Å². The average molecular weight is 425 g/mol. The number of hydrogen-bond acceptors (Lipinski definition) is 7. The summed E-state index contributed by atoms with van der Waals surface area (Å²) >= 11 is 0. The van der Waals surface area contributed by atoms with Gasteiger partial charge in [-0.05, 0) is 17.5 Å². The number of benzene rings is 2. The van der Waals surface area contributed by atoms with Gasteiger partial charge in [0, 0.05) is 24.1 Å². The van der Waals surface area contributed by atoms with Gasteiger partial charge in [-0.2, -0.15) is 0 Å². The lowest BCUT2D eigenvalue weighted by Crippen LogP contribution is -2.41. The molecule has 0 bridgehead atoms. The van der Waals surface area contributed by atoms with Gasteiger partial charge in [0.1, 0.15) is 16.7 Å². The Hall–Kier alpha value is -3.88. The van der Waals surface area contributed by atoms with E-state index in [0.29, 0.717) is 0 Å². The summed E-state index contributed by atoms with van der Waals surface area (Å²) < 4.78 is 5.26. The van der Waals surface area contributed by atoms with Crippen molar-refractivity contribution in [2.24, 2.45) is 0 Å². The van der Waals surface area contributed by atoms with Crippen LogP contribution < -0.4 is 4.74 Å². The molecule has 1 N–H and O–H groups in total. The van der Waals surface area contributed by atoms with E-state index in [4.69, 9.17) is 4.74 Å². The lowest BCUT2D eigenvalue weighted by atomic mass is 9.72. The van der Waals surface area contributed by atoms with E-state index in [1.165, 1.54) is 24.3 Å². The van der Waals surface area contributed by atoms with Gasteiger partial charge in [0.15, 0.2) is 11.6 Å². The fourth-order valence-electron chi connectivity index (χ4n) is 3.88. The maximum absolute atomic E-state index is 13.5. The lowest BCUT2D eigenvalue weighted by Gasteiger charge is -2.27. The van der Waals surface area contributed by atoms with Crippen LogP contribution in [0.5, 0.6) is 5.75 Å². The molecule has 9 nitrogen and oxygen atoms in total. The molecule has 0 heterocycles. The standard InChI is InChI=1S/C22H19NO8/c1-11(2)13-7-8-15(17(9-13)31-12(3)24)22(10-18(25)26)20(27)14-5-4-6-16(23(29)30)19(14)21(22)28/h4-9,11H,10H2,1-3H3,(H,25,26). The van der Waals surface area contributed by atoms with Crippen LogP contribution >= 0.6 is 0 Å². The summed E-state index contributed by atoms with van der Waals surface area (Å²) in [5, 5.41) is 21.0. The molecule has 0 spiro atoms. The number of carbonyl (C=O) groups excluding carboxylic acids is 3. The molecule has 0 saturated heterocycles. The first-order chi connectivity index (χ1) is 14.5. The van der Waals surface area contributed by atoms with Crippen LogP contribution in [0.25, 0.3) is 0 Å². The van der Waals surface area contributed by atoms with E-state index in [1.807, 2.05) is 13.8 Å². The number of Topliss-reactive ketones (excluding diaryl/α,β-unsaturated/α-hetero) is 2. The monoisotopic (exact) mass is 425 g/mol. The quantitative estimate of drug-likeness (QED) is 0.244. The molecule has 0 aliphatic heterocycles. The molecule has 0 amide bonds. The van der Waals surface area contributed by atoms with Crippen molar-refractivity contribution in [3.05, 3.63) is 68.8 Å². The molecule has 1 aliphatic carbocycles. The Labute approximate surface area is 176 Å². The van der Waals surface area contributed by atoms with E-state index in [-0.39, 0.29) is 22.8 Å². The minimum absolute atomic E-state index is 0.00653. The van der Waals surface area contributed by atoms with Gasteiger partial charge in [0.25, 0.3) is 5.69 Å². The van der Waals surface area contributed by atoms with Crippen molar-refractivity contribution in [1.82, 2.24) is 0 Å². The fourth-order valence-corrected chi connectivity index (χ4v) is 3.88. The Kier molecular flexibility index (Phi) is 5.45. The number of nitro groups is 1. The van der Waals surface area contributed by atoms with Crippen LogP contribution in [-0.4, -0.2) is 33.5 Å². The molecule has 0 aromatic heterocycles. The minimum atomic E-state index is -2.29. The van der Waals surface area contributed by atoms with Crippen LogP contribution in [0.15, 0.2) is 36.4 Å². The van der Waals surface area contributed by atoms with Crippen molar-refractivity contribution in [2.45, 2.75) is 38.5 Å². The Morgan fingerprint density at radius 1 is 1.16 bits per heavy atom. The molecule has 3 rings (SSSR count). The number of nitrogens with zero attached hydrogens (tertiary/aromatic N) is 1. The highest BCUT2D eigenvalue weighted by Crippen LogP contribution is 2.48. The number of ketones is 2. The number of hydrogen-bond donors (Lipinski definition) is 1. The van der Waals surface area contributed by atoms with Gasteiger partial charge in [-0.3, -0.25) is 29.3 Å². The molecule has 0 fully saturated rings. The topological polar surface area (TPSA) is 141 Å². The Morgan fingerprint density at radius 2 is 1.84 bits per heavy atom. The van der Waals surface area contributed by atoms with Crippen molar-refractivity contribution in [1.29, 1.82) is 0 Å². The van der Waals surface area contributed by atoms with Crippen LogP contribution in [0.1, 0.15) is 65.0 Å². The highest BCUT2D eigenvalue weighted by molar-refractivity contribution is 6.35. The summed E-state index contributed by atoms with van der Waals surface area (Å²) in [6.45, 7) is 4.89. The summed E-state index contributed by atoms with van der Waals surface area (Å²) in [7, 11) is 0. The average Bonchev–Trinajstić information content (AvgIpc) is 2.89. The first kappa shape index (κ1) is 21.8. The molecule has 0 saturated carbocycles. The predicted octanol–water partition coefficient (Wildman–Crippen LogP) is 3.44. The number of rotatable bonds is 6. The number of nitro benzene ring substituents is 1. The third-order valence-electron chi connectivity index (χ3n) is 5.29. The molecular weight excluding hydrogens is 406 g/mol. The van der Waals surface area contributed by atoms with Crippen molar-refractivity contribution in [3.63, 3.8) is 0 Å². The van der Waals surface area contributed by atoms with E-state index in [1.54, 1.807) is 6.07 Å². The van der Waals surface area contributed by atoms with E-state index < -0.39 is 51.5 Å². The number of carbonyl (C=O) groups is 4. The molecule has 1 unspecified atom stereocenters. The summed E-state index contributed by atoms with van der Waals surface area (Å²) in [4.78, 5) is 61.1. The van der Waals surface area contributed by atoms with Gasteiger partial charge in [0.2, 0.25) is 0 Å². The summed E-state index contributed by atoms with van der Waals surface area (Å²) in [6.07, 6.45) is -0.953. The Morgan fingerprint density at radius 3 is 2.39 bits per heavy atom. The smallest absolute Gasteiger partial charge is 0.308 e. The second-order valence-electron chi connectivity index (χ2n) is 7.59. The number of ether oxygens (including phenoxy) is 1. The third kappa shape index (κ3) is 3.48. The number of carboxylic acid groups (broad SMARTS) is 1. The fraction of sp³-hybridized carbons (Fsp3) is 0.273. The second-order valence-corrected chi connectivity index (χ2v) is 7.59. The molecule has 31 heavy (non-hydrogen) atoms. The van der Waals surface area contributed by atoms with Gasteiger partial charge in [-0.25, -0.2) is 0 Å². The largest absolute Gasteiger partial charge is 0.481 e. The van der Waals surface area contributed by atoms with E-state index in [9.17, 15) is 34.4 Å². The normalized spacial score (nSPS) is 17.5. The highest BCUT2D eigenvalue weighted by atomic mass is 16.6. The first-order valence-corrected chi connectivity index (χ1v) is 9.42. The minimum Gasteiger partial charge on any atom is -0.481 e. The van der Waals surface area contributed by atoms with Gasteiger partial charge in [-0.1, -0.05) is 38.1 Å². The molecular formula is C22H19NO8. The van der Waals surface area contributed by atoms with Crippen molar-refractivity contribution in [2.75, 3.05) is 0 Å². The lowest BCUT2D eigenvalue weighted by molar-refractivity contribution is -0.385. The zero-order valence-corrected chi connectivity index (χ0v) is 17.0. The van der Waals surface area contributed by atoms with Crippen LogP contribution in [0.3, 0.4) is 0 Å². The van der Waals surface area contributed by atoms with Gasteiger partial charge in [0.05, 0.1) is 11.3 Å². The molecule has 2 aromatic carbocycles. The Balaban J connectivity index is 2.36. The zero-order valence-electron chi connectivity index (χ0n) is 17.0. The van der Waals surface area contributed by atoms with Gasteiger partial charge in [-0.15, -0.1) is 0 Å². The molecule has 1 aliphatic rings. The molecule has 1 atom stereocenters. The van der Waals surface area contributed by atoms with Gasteiger partial charge >= 0.3 is 11.9 Å². The van der Waals surface area contributed by atoms with Crippen molar-refractivity contribution >= 4 is 29.2 Å². The second kappa shape index (κ2) is 7.75. The number of fused-ring (bicyclic) bond motifs is 1. The maximum atomic E-state index is 13.5. The van der Waals surface area contributed by atoms with E-state index in [2.05, 4.69) is 0 Å². The van der Waals surface area contributed by atoms with E-state index in [0.717, 1.165) is 18.6 Å². The van der Waals surface area contributed by atoms with Gasteiger partial charge < -0.3 is 9.84 Å². The number of esters is 1. The summed E-state index contributed by atoms with van der Waals surface area (Å²) in [6, 6.07) is 8.05. The highest BCUT2D eigenvalue weighted by Gasteiger charge is 2.59. The third-order valence-corrected chi connectivity index (χ3v) is 5.29. The zero-order chi connectivity index (χ0) is 23.1. The van der Waals surface area contributed by atoms with Crippen LogP contribution in [0.2, 0.25) is 0 Å². The SMILES string of the molecule is CC(=O)Oc1cc(C(C)C)ccc1C1(CC(=O)O)C(=O)c2cccc([N+](=O)[O-])c2C1=O. The van der Waals surface area contributed by atoms with Crippen LogP contribution in [0, 0.1) is 10.1 Å². The molecule has 0 radical (unpaired) electrons. The molecule has 160 valence electrons. The number of carboxylic acids is 1. The summed E-state index contributed by atoms with van der Waals surface area (Å²) in [5.41, 5.74) is -2.94. The van der Waals surface area contributed by atoms with Crippen LogP contribution in [-0.2, 0) is 15.0 Å². The number of aliphatic carboxylic acids is 1.